The summed E-state index contributed by atoms with van der Waals surface area (Å²) in [6.45, 7) is 1.57. The second kappa shape index (κ2) is 5.88. The number of rotatable bonds is 5. The van der Waals surface area contributed by atoms with Crippen LogP contribution < -0.4 is 14.8 Å². The summed E-state index contributed by atoms with van der Waals surface area (Å²) in [5.74, 6) is 0.908. The summed E-state index contributed by atoms with van der Waals surface area (Å²) in [6, 6.07) is 3.13. The lowest BCUT2D eigenvalue weighted by atomic mass is 10.2. The number of hydrogen-bond acceptors (Lipinski definition) is 6. The van der Waals surface area contributed by atoms with E-state index in [4.69, 9.17) is 21.1 Å². The molecule has 0 fully saturated rings. The van der Waals surface area contributed by atoms with Gasteiger partial charge in [0.2, 0.25) is 5.82 Å². The van der Waals surface area contributed by atoms with Crippen LogP contribution >= 0.6 is 11.6 Å². The lowest BCUT2D eigenvalue weighted by molar-refractivity contribution is -0.384. The van der Waals surface area contributed by atoms with Gasteiger partial charge in [-0.15, -0.1) is 5.10 Å². The zero-order valence-electron chi connectivity index (χ0n) is 11.6. The van der Waals surface area contributed by atoms with Crippen molar-refractivity contribution in [2.75, 3.05) is 19.5 Å². The number of H-pyrrole nitrogens is 1. The highest BCUT2D eigenvalue weighted by Crippen LogP contribution is 2.38. The minimum Gasteiger partial charge on any atom is -0.495 e. The molecule has 8 nitrogen and oxygen atoms in total. The zero-order valence-corrected chi connectivity index (χ0v) is 12.3. The number of aromatic nitrogens is 2. The average Bonchev–Trinajstić information content (AvgIpc) is 2.81. The fraction of sp³-hybridized carbons (Fsp3) is 0.250. The Morgan fingerprint density at radius 1 is 1.33 bits per heavy atom. The first-order valence-corrected chi connectivity index (χ1v) is 6.23. The van der Waals surface area contributed by atoms with Crippen molar-refractivity contribution in [2.45, 2.75) is 6.92 Å². The number of anilines is 2. The van der Waals surface area contributed by atoms with E-state index in [1.54, 1.807) is 19.1 Å². The second-order valence-electron chi connectivity index (χ2n) is 4.11. The highest BCUT2D eigenvalue weighted by Gasteiger charge is 2.23. The van der Waals surface area contributed by atoms with E-state index in [-0.39, 0.29) is 11.5 Å². The first-order chi connectivity index (χ1) is 9.97. The van der Waals surface area contributed by atoms with Crippen LogP contribution in [0, 0.1) is 17.0 Å². The Bertz CT molecular complexity index is 686. The summed E-state index contributed by atoms with van der Waals surface area (Å²) < 4.78 is 10.3. The molecule has 0 amide bonds. The number of hydrogen-bond donors (Lipinski definition) is 2. The monoisotopic (exact) mass is 312 g/mol. The predicted molar refractivity (Wildman–Crippen MR) is 77.8 cm³/mol. The van der Waals surface area contributed by atoms with E-state index in [9.17, 15) is 10.1 Å². The molecule has 0 saturated carbocycles. The van der Waals surface area contributed by atoms with Crippen LogP contribution in [0.2, 0.25) is 5.02 Å². The number of aryl methyl sites for hydroxylation is 1. The summed E-state index contributed by atoms with van der Waals surface area (Å²) in [6.07, 6.45) is 0. The lowest BCUT2D eigenvalue weighted by Gasteiger charge is -2.12. The van der Waals surface area contributed by atoms with E-state index in [0.29, 0.717) is 27.9 Å². The molecule has 2 aromatic rings. The van der Waals surface area contributed by atoms with Crippen molar-refractivity contribution in [1.82, 2.24) is 10.2 Å². The first kappa shape index (κ1) is 14.9. The maximum absolute atomic E-state index is 11.1. The Morgan fingerprint density at radius 3 is 2.57 bits per heavy atom. The average molecular weight is 313 g/mol. The Labute approximate surface area is 125 Å². The SMILES string of the molecule is COc1cc(Nc2n[nH]c(C)c2[N+](=O)[O-])c(OC)cc1Cl. The van der Waals surface area contributed by atoms with E-state index >= 15 is 0 Å². The lowest BCUT2D eigenvalue weighted by Crippen LogP contribution is -1.99. The van der Waals surface area contributed by atoms with Crippen LogP contribution in [0.3, 0.4) is 0 Å². The van der Waals surface area contributed by atoms with Gasteiger partial charge in [-0.25, -0.2) is 0 Å². The number of aromatic amines is 1. The Balaban J connectivity index is 2.46. The second-order valence-corrected chi connectivity index (χ2v) is 4.52. The maximum atomic E-state index is 11.1. The molecule has 0 atom stereocenters. The Morgan fingerprint density at radius 2 is 2.00 bits per heavy atom. The van der Waals surface area contributed by atoms with Crippen molar-refractivity contribution in [2.24, 2.45) is 0 Å². The molecule has 9 heteroatoms. The minimum absolute atomic E-state index is 0.0835. The first-order valence-electron chi connectivity index (χ1n) is 5.85. The molecule has 0 radical (unpaired) electrons. The van der Waals surface area contributed by atoms with Crippen LogP contribution in [0.25, 0.3) is 0 Å². The summed E-state index contributed by atoms with van der Waals surface area (Å²) in [7, 11) is 2.94. The Hall–Kier alpha value is -2.48. The smallest absolute Gasteiger partial charge is 0.333 e. The number of nitrogens with zero attached hydrogens (tertiary/aromatic N) is 2. The predicted octanol–water partition coefficient (Wildman–Crippen LogP) is 3.04. The summed E-state index contributed by atoms with van der Waals surface area (Å²) >= 11 is 6.01. The molecule has 0 spiro atoms. The van der Waals surface area contributed by atoms with Crippen LogP contribution in [-0.4, -0.2) is 29.3 Å². The number of nitrogens with one attached hydrogen (secondary N) is 2. The van der Waals surface area contributed by atoms with Crippen molar-refractivity contribution in [3.8, 4) is 11.5 Å². The van der Waals surface area contributed by atoms with Crippen LogP contribution in [-0.2, 0) is 0 Å². The molecular formula is C12H13ClN4O4. The molecule has 0 saturated heterocycles. The topological polar surface area (TPSA) is 102 Å². The molecule has 2 N–H and O–H groups in total. The molecule has 1 heterocycles. The number of ether oxygens (including phenoxy) is 2. The molecule has 21 heavy (non-hydrogen) atoms. The molecule has 2 rings (SSSR count). The van der Waals surface area contributed by atoms with Gasteiger partial charge in [-0.2, -0.15) is 0 Å². The van der Waals surface area contributed by atoms with Gasteiger partial charge in [0.25, 0.3) is 0 Å². The third kappa shape index (κ3) is 2.84. The van der Waals surface area contributed by atoms with Gasteiger partial charge in [-0.3, -0.25) is 15.2 Å². The van der Waals surface area contributed by atoms with Crippen molar-refractivity contribution >= 4 is 28.8 Å². The fourth-order valence-corrected chi connectivity index (χ4v) is 2.05. The molecule has 0 aliphatic heterocycles. The van der Waals surface area contributed by atoms with Crippen LogP contribution in [0.15, 0.2) is 12.1 Å². The van der Waals surface area contributed by atoms with Gasteiger partial charge in [0, 0.05) is 12.1 Å². The van der Waals surface area contributed by atoms with Crippen molar-refractivity contribution in [3.63, 3.8) is 0 Å². The molecule has 1 aromatic carbocycles. The number of benzene rings is 1. The fourth-order valence-electron chi connectivity index (χ4n) is 1.82. The van der Waals surface area contributed by atoms with Gasteiger partial charge >= 0.3 is 5.69 Å². The summed E-state index contributed by atoms with van der Waals surface area (Å²) in [5, 5.41) is 20.7. The van der Waals surface area contributed by atoms with Crippen molar-refractivity contribution in [3.05, 3.63) is 33.0 Å². The van der Waals surface area contributed by atoms with Gasteiger partial charge < -0.3 is 14.8 Å². The zero-order chi connectivity index (χ0) is 15.6. The molecule has 0 aliphatic carbocycles. The quantitative estimate of drug-likeness (QED) is 0.650. The summed E-state index contributed by atoms with van der Waals surface area (Å²) in [4.78, 5) is 10.5. The summed E-state index contributed by atoms with van der Waals surface area (Å²) in [5.41, 5.74) is 0.668. The Kier molecular flexibility index (Phi) is 4.18. The van der Waals surface area contributed by atoms with Gasteiger partial charge in [0.15, 0.2) is 0 Å². The highest BCUT2D eigenvalue weighted by molar-refractivity contribution is 6.32. The van der Waals surface area contributed by atoms with Gasteiger partial charge in [-0.1, -0.05) is 11.6 Å². The molecule has 112 valence electrons. The van der Waals surface area contributed by atoms with E-state index in [1.807, 2.05) is 0 Å². The van der Waals surface area contributed by atoms with Crippen molar-refractivity contribution < 1.29 is 14.4 Å². The molecule has 0 bridgehead atoms. The minimum atomic E-state index is -0.513. The standard InChI is InChI=1S/C12H13ClN4O4/c1-6-11(17(18)19)12(16-15-6)14-8-5-9(20-2)7(13)4-10(8)21-3/h4-5H,1-3H3,(H2,14,15,16). The van der Waals surface area contributed by atoms with E-state index in [2.05, 4.69) is 15.5 Å². The van der Waals surface area contributed by atoms with Crippen LogP contribution in [0.1, 0.15) is 5.69 Å². The number of nitro groups is 1. The van der Waals surface area contributed by atoms with E-state index in [1.165, 1.54) is 14.2 Å². The largest absolute Gasteiger partial charge is 0.495 e. The third-order valence-electron chi connectivity index (χ3n) is 2.82. The molecule has 0 aliphatic rings. The van der Waals surface area contributed by atoms with Crippen molar-refractivity contribution in [1.29, 1.82) is 0 Å². The van der Waals surface area contributed by atoms with Gasteiger partial charge in [0.1, 0.15) is 17.2 Å². The highest BCUT2D eigenvalue weighted by atomic mass is 35.5. The van der Waals surface area contributed by atoms with E-state index in [0.717, 1.165) is 0 Å². The number of halogens is 1. The number of methoxy groups -OCH3 is 2. The van der Waals surface area contributed by atoms with Crippen LogP contribution in [0.5, 0.6) is 11.5 Å². The van der Waals surface area contributed by atoms with Crippen LogP contribution in [0.4, 0.5) is 17.2 Å². The molecule has 1 aromatic heterocycles. The van der Waals surface area contributed by atoms with Gasteiger partial charge in [-0.05, 0) is 6.92 Å². The molecule has 0 unspecified atom stereocenters. The van der Waals surface area contributed by atoms with E-state index < -0.39 is 4.92 Å². The normalized spacial score (nSPS) is 10.3. The maximum Gasteiger partial charge on any atom is 0.333 e. The third-order valence-corrected chi connectivity index (χ3v) is 3.12. The van der Waals surface area contributed by atoms with Gasteiger partial charge in [0.05, 0.1) is 29.9 Å². The molecular weight excluding hydrogens is 300 g/mol.